The van der Waals surface area contributed by atoms with Crippen LogP contribution in [0.2, 0.25) is 0 Å². The zero-order valence-electron chi connectivity index (χ0n) is 13.8. The molecule has 4 nitrogen and oxygen atoms in total. The topological polar surface area (TPSA) is 72.2 Å². The summed E-state index contributed by atoms with van der Waals surface area (Å²) < 4.78 is 36.9. The van der Waals surface area contributed by atoms with Crippen molar-refractivity contribution in [3.8, 4) is 0 Å². The molecule has 0 fully saturated rings. The van der Waals surface area contributed by atoms with Crippen LogP contribution in [0.25, 0.3) is 6.08 Å². The number of carbonyl (C=O) groups is 2. The highest BCUT2D eigenvalue weighted by Crippen LogP contribution is 2.36. The van der Waals surface area contributed by atoms with E-state index in [4.69, 9.17) is 5.73 Å². The summed E-state index contributed by atoms with van der Waals surface area (Å²) in [5, 5.41) is 2.98. The highest BCUT2D eigenvalue weighted by molar-refractivity contribution is 8.00. The SMILES string of the molecule is Cc1sc(NC(=O)/C=C/c2ccc(SC(F)(F)F)cc2)c(C(N)=O)c1C. The fraction of sp³-hybridized carbons (Fsp3) is 0.176. The second-order valence-corrected chi connectivity index (χ2v) is 7.65. The molecule has 1 heterocycles. The molecule has 0 saturated heterocycles. The van der Waals surface area contributed by atoms with E-state index in [0.717, 1.165) is 10.4 Å². The van der Waals surface area contributed by atoms with Crippen LogP contribution in [-0.2, 0) is 4.79 Å². The van der Waals surface area contributed by atoms with Gasteiger partial charge in [0.15, 0.2) is 0 Å². The van der Waals surface area contributed by atoms with Crippen LogP contribution < -0.4 is 11.1 Å². The van der Waals surface area contributed by atoms with Gasteiger partial charge in [-0.2, -0.15) is 13.2 Å². The second-order valence-electron chi connectivity index (χ2n) is 5.29. The van der Waals surface area contributed by atoms with Gasteiger partial charge in [-0.05, 0) is 54.9 Å². The molecular weight excluding hydrogens is 385 g/mol. The van der Waals surface area contributed by atoms with Crippen molar-refractivity contribution in [2.75, 3.05) is 5.32 Å². The van der Waals surface area contributed by atoms with E-state index in [2.05, 4.69) is 5.32 Å². The van der Waals surface area contributed by atoms with E-state index in [0.29, 0.717) is 10.6 Å². The van der Waals surface area contributed by atoms with Crippen molar-refractivity contribution in [3.63, 3.8) is 0 Å². The molecule has 138 valence electrons. The number of nitrogens with two attached hydrogens (primary N) is 1. The first-order valence-corrected chi connectivity index (χ1v) is 8.95. The summed E-state index contributed by atoms with van der Waals surface area (Å²) in [5.74, 6) is -1.09. The van der Waals surface area contributed by atoms with Gasteiger partial charge in [0.25, 0.3) is 5.91 Å². The summed E-state index contributed by atoms with van der Waals surface area (Å²) in [6.07, 6.45) is 2.70. The Labute approximate surface area is 156 Å². The van der Waals surface area contributed by atoms with Crippen LogP contribution in [0.5, 0.6) is 0 Å². The van der Waals surface area contributed by atoms with Crippen molar-refractivity contribution in [1.29, 1.82) is 0 Å². The first-order valence-electron chi connectivity index (χ1n) is 7.31. The van der Waals surface area contributed by atoms with Gasteiger partial charge in [-0.15, -0.1) is 11.3 Å². The number of nitrogens with one attached hydrogen (secondary N) is 1. The van der Waals surface area contributed by atoms with Gasteiger partial charge < -0.3 is 11.1 Å². The lowest BCUT2D eigenvalue weighted by Gasteiger charge is -2.05. The molecule has 26 heavy (non-hydrogen) atoms. The first-order chi connectivity index (χ1) is 12.1. The van der Waals surface area contributed by atoms with Gasteiger partial charge in [-0.1, -0.05) is 12.1 Å². The maximum atomic E-state index is 12.3. The number of aryl methyl sites for hydroxylation is 1. The molecule has 0 radical (unpaired) electrons. The van der Waals surface area contributed by atoms with Crippen LogP contribution in [0.15, 0.2) is 35.2 Å². The molecule has 0 saturated carbocycles. The molecule has 3 N–H and O–H groups in total. The summed E-state index contributed by atoms with van der Waals surface area (Å²) >= 11 is 1.05. The smallest absolute Gasteiger partial charge is 0.365 e. The number of hydrogen-bond donors (Lipinski definition) is 2. The van der Waals surface area contributed by atoms with E-state index in [1.54, 1.807) is 6.92 Å². The standard InChI is InChI=1S/C17H15F3N2O2S2/c1-9-10(2)25-16(14(9)15(21)24)22-13(23)8-5-11-3-6-12(7-4-11)26-17(18,19)20/h3-8H,1-2H3,(H2,21,24)(H,22,23)/b8-5+. The second kappa shape index (κ2) is 7.96. The molecule has 0 atom stereocenters. The van der Waals surface area contributed by atoms with Crippen LogP contribution >= 0.6 is 23.1 Å². The Kier molecular flexibility index (Phi) is 6.14. The van der Waals surface area contributed by atoms with Crippen LogP contribution in [0.3, 0.4) is 0 Å². The monoisotopic (exact) mass is 400 g/mol. The quantitative estimate of drug-likeness (QED) is 0.563. The molecular formula is C17H15F3N2O2S2. The lowest BCUT2D eigenvalue weighted by atomic mass is 10.1. The maximum Gasteiger partial charge on any atom is 0.446 e. The fourth-order valence-corrected chi connectivity index (χ4v) is 3.73. The van der Waals surface area contributed by atoms with Gasteiger partial charge in [-0.3, -0.25) is 9.59 Å². The number of thiophene rings is 1. The molecule has 0 spiro atoms. The molecule has 2 aromatic rings. The lowest BCUT2D eigenvalue weighted by Crippen LogP contribution is -2.16. The molecule has 2 rings (SSSR count). The molecule has 0 bridgehead atoms. The predicted molar refractivity (Wildman–Crippen MR) is 98.3 cm³/mol. The van der Waals surface area contributed by atoms with E-state index in [9.17, 15) is 22.8 Å². The van der Waals surface area contributed by atoms with Gasteiger partial charge in [-0.25, -0.2) is 0 Å². The number of alkyl halides is 3. The van der Waals surface area contributed by atoms with Crippen molar-refractivity contribution in [2.45, 2.75) is 24.3 Å². The average Bonchev–Trinajstić information content (AvgIpc) is 2.79. The Bertz CT molecular complexity index is 856. The largest absolute Gasteiger partial charge is 0.446 e. The van der Waals surface area contributed by atoms with Gasteiger partial charge in [0.1, 0.15) is 5.00 Å². The van der Waals surface area contributed by atoms with E-state index in [1.165, 1.54) is 47.8 Å². The van der Waals surface area contributed by atoms with Crippen molar-refractivity contribution in [2.24, 2.45) is 5.73 Å². The molecule has 0 aliphatic carbocycles. The Morgan fingerprint density at radius 1 is 1.19 bits per heavy atom. The zero-order valence-corrected chi connectivity index (χ0v) is 15.4. The first kappa shape index (κ1) is 20.1. The number of rotatable bonds is 5. The molecule has 1 aromatic heterocycles. The van der Waals surface area contributed by atoms with E-state index in [1.807, 2.05) is 6.92 Å². The Hall–Kier alpha value is -2.26. The highest BCUT2D eigenvalue weighted by atomic mass is 32.2. The summed E-state index contributed by atoms with van der Waals surface area (Å²) in [6, 6.07) is 5.61. The van der Waals surface area contributed by atoms with Crippen molar-refractivity contribution < 1.29 is 22.8 Å². The molecule has 0 aliphatic rings. The predicted octanol–water partition coefficient (Wildman–Crippen LogP) is 4.73. The van der Waals surface area contributed by atoms with Gasteiger partial charge in [0, 0.05) is 15.8 Å². The number of thioether (sulfide) groups is 1. The highest BCUT2D eigenvalue weighted by Gasteiger charge is 2.28. The lowest BCUT2D eigenvalue weighted by molar-refractivity contribution is -0.111. The van der Waals surface area contributed by atoms with Gasteiger partial charge in [0.2, 0.25) is 5.91 Å². The third kappa shape index (κ3) is 5.37. The number of benzene rings is 1. The third-order valence-corrected chi connectivity index (χ3v) is 5.27. The summed E-state index contributed by atoms with van der Waals surface area (Å²) in [4.78, 5) is 24.5. The van der Waals surface area contributed by atoms with E-state index in [-0.39, 0.29) is 22.2 Å². The number of carbonyl (C=O) groups excluding carboxylic acids is 2. The van der Waals surface area contributed by atoms with Crippen molar-refractivity contribution in [3.05, 3.63) is 51.9 Å². The number of hydrogen-bond acceptors (Lipinski definition) is 4. The molecule has 0 unspecified atom stereocenters. The Morgan fingerprint density at radius 3 is 2.35 bits per heavy atom. The summed E-state index contributed by atoms with van der Waals surface area (Å²) in [6.45, 7) is 3.57. The normalized spacial score (nSPS) is 11.7. The summed E-state index contributed by atoms with van der Waals surface area (Å²) in [7, 11) is 0. The van der Waals surface area contributed by atoms with Crippen LogP contribution in [0, 0.1) is 13.8 Å². The molecule has 0 aliphatic heterocycles. The average molecular weight is 400 g/mol. The van der Waals surface area contributed by atoms with E-state index < -0.39 is 17.3 Å². The number of halogens is 3. The Morgan fingerprint density at radius 2 is 1.81 bits per heavy atom. The minimum absolute atomic E-state index is 0.0646. The van der Waals surface area contributed by atoms with Crippen molar-refractivity contribution in [1.82, 2.24) is 0 Å². The summed E-state index contributed by atoms with van der Waals surface area (Å²) in [5.41, 5.74) is 2.57. The zero-order chi connectivity index (χ0) is 19.5. The number of anilines is 1. The molecule has 1 aromatic carbocycles. The number of amides is 2. The van der Waals surface area contributed by atoms with Crippen LogP contribution in [-0.4, -0.2) is 17.3 Å². The van der Waals surface area contributed by atoms with Gasteiger partial charge in [0.05, 0.1) is 5.56 Å². The van der Waals surface area contributed by atoms with E-state index >= 15 is 0 Å². The third-order valence-electron chi connectivity index (χ3n) is 3.41. The Balaban J connectivity index is 2.06. The van der Waals surface area contributed by atoms with Crippen molar-refractivity contribution >= 4 is 46.0 Å². The van der Waals surface area contributed by atoms with Crippen LogP contribution in [0.1, 0.15) is 26.4 Å². The fourth-order valence-electron chi connectivity index (χ4n) is 2.12. The molecule has 9 heteroatoms. The van der Waals surface area contributed by atoms with Gasteiger partial charge >= 0.3 is 5.51 Å². The number of primary amides is 1. The van der Waals surface area contributed by atoms with Crippen LogP contribution in [0.4, 0.5) is 18.2 Å². The molecule has 2 amide bonds. The minimum Gasteiger partial charge on any atom is -0.365 e. The maximum absolute atomic E-state index is 12.3. The minimum atomic E-state index is -4.34.